The molecule has 0 fully saturated rings. The van der Waals surface area contributed by atoms with Gasteiger partial charge in [-0.25, -0.2) is 0 Å². The summed E-state index contributed by atoms with van der Waals surface area (Å²) in [6.07, 6.45) is -54.7. The molecule has 0 saturated heterocycles. The maximum Gasteiger partial charge on any atom is 0.418 e. The number of nitrogens with zero attached hydrogens (tertiary/aromatic N) is 2. The van der Waals surface area contributed by atoms with Crippen LogP contribution in [0.15, 0.2) is 182 Å². The average Bonchev–Trinajstić information content (AvgIpc) is 1.57. The Morgan fingerprint density at radius 1 is 0.157 bits per heavy atom. The molecule has 12 rings (SSSR count). The van der Waals surface area contributed by atoms with Crippen LogP contribution in [0.4, 0.5) is 132 Å². The number of aromatic nitrogens is 2. The van der Waals surface area contributed by atoms with Crippen LogP contribution in [0.2, 0.25) is 0 Å². The van der Waals surface area contributed by atoms with Gasteiger partial charge in [-0.1, -0.05) is 36.4 Å². The summed E-state index contributed by atoms with van der Waals surface area (Å²) in [7, 11) is 0. The summed E-state index contributed by atoms with van der Waals surface area (Å²) in [6, 6.07) is 14.9. The lowest BCUT2D eigenvalue weighted by Crippen LogP contribution is -2.12. The van der Waals surface area contributed by atoms with Gasteiger partial charge in [-0.3, -0.25) is 0 Å². The highest BCUT2D eigenvalue weighted by atomic mass is 19.4. The SMILES string of the molecule is FC(F)(F)c1cc(-c2ccc3c(c2)c2cc(-c4cc(C(F)(F)F)cc(C(F)(F)F)c4)ccc2n3-c2cc(-c3ccc(C(F)(F)F)c(-n4c5ccc(-c6cc(C(F)(F)F)cc(C(F)(F)F)c6)cc5c5cc(-c6cc(C(F)(F)F)cc(C(F)(F)F)c6)ccc54)c3)ccc2C(F)(F)F)cc(C(F)(F)F)c1. The van der Waals surface area contributed by atoms with Gasteiger partial charge in [-0.2, -0.15) is 132 Å². The van der Waals surface area contributed by atoms with Crippen molar-refractivity contribution in [3.8, 4) is 67.0 Å². The molecular weight excluding hydrogens is 1440 g/mol. The van der Waals surface area contributed by atoms with Gasteiger partial charge in [-0.15, -0.1) is 0 Å². The maximum absolute atomic E-state index is 15.7. The summed E-state index contributed by atoms with van der Waals surface area (Å²) in [5, 5.41) is -1.80. The molecule has 32 heteroatoms. The lowest BCUT2D eigenvalue weighted by atomic mass is 9.96. The molecule has 2 nitrogen and oxygen atoms in total. The molecule has 0 N–H and O–H groups in total. The summed E-state index contributed by atoms with van der Waals surface area (Å²) in [6.45, 7) is 0. The number of halogens is 30. The van der Waals surface area contributed by atoms with Gasteiger partial charge < -0.3 is 9.13 Å². The van der Waals surface area contributed by atoms with Crippen LogP contribution in [-0.2, 0) is 61.8 Å². The Bertz CT molecular complexity index is 4630. The molecular formula is C70H30F30N2. The first kappa shape index (κ1) is 71.5. The van der Waals surface area contributed by atoms with Gasteiger partial charge >= 0.3 is 61.8 Å². The van der Waals surface area contributed by atoms with Gasteiger partial charge in [0.1, 0.15) is 0 Å². The Labute approximate surface area is 549 Å². The largest absolute Gasteiger partial charge is 0.418 e. The number of alkyl halides is 30. The van der Waals surface area contributed by atoms with E-state index in [9.17, 15) is 105 Å². The van der Waals surface area contributed by atoms with E-state index in [1.54, 1.807) is 0 Å². The lowest BCUT2D eigenvalue weighted by Gasteiger charge is -2.20. The number of fused-ring (bicyclic) bond motifs is 6. The summed E-state index contributed by atoms with van der Waals surface area (Å²) in [5.74, 6) is 0. The minimum absolute atomic E-state index is 0.245. The fourth-order valence-corrected chi connectivity index (χ4v) is 12.0. The predicted molar refractivity (Wildman–Crippen MR) is 312 cm³/mol. The van der Waals surface area contributed by atoms with Gasteiger partial charge in [0, 0.05) is 21.5 Å². The second-order valence-corrected chi connectivity index (χ2v) is 23.2. The number of benzene rings is 10. The smallest absolute Gasteiger partial charge is 0.309 e. The molecule has 10 aromatic carbocycles. The van der Waals surface area contributed by atoms with E-state index < -0.39 is 228 Å². The Morgan fingerprint density at radius 3 is 0.490 bits per heavy atom. The zero-order valence-electron chi connectivity index (χ0n) is 49.6. The molecule has 0 aliphatic rings. The Hall–Kier alpha value is -10.3. The molecule has 0 bridgehead atoms. The summed E-state index contributed by atoms with van der Waals surface area (Å²) in [5.41, 5.74) is -28.6. The van der Waals surface area contributed by atoms with Crippen molar-refractivity contribution in [2.75, 3.05) is 0 Å². The van der Waals surface area contributed by atoms with Crippen molar-refractivity contribution < 1.29 is 132 Å². The van der Waals surface area contributed by atoms with Crippen LogP contribution >= 0.6 is 0 Å². The lowest BCUT2D eigenvalue weighted by molar-refractivity contribution is -0.144. The standard InChI is InChI=1S/C70H30F30N2/c71-61(72,73)41-13-37(14-42(27-41)62(74,75)76)31-3-9-55-49(21-31)50-22-32(38-15-43(63(77,78)79)28-44(16-38)64(80,81)82)4-10-56(50)101(55)59-25-35(1-7-53(59)69(95,96)97)36-2-8-54(70(98,99)100)60(26-36)102-57-11-5-33(39-17-45(65(83,84)85)29-46(18-39)66(86,87)88)23-51(57)52-24-34(6-12-58(52)102)40-19-47(67(89,90)91)30-48(20-40)68(92,93)94/h1-30H. The first-order valence-corrected chi connectivity index (χ1v) is 28.6. The molecule has 2 aromatic heterocycles. The summed E-state index contributed by atoms with van der Waals surface area (Å²) < 4.78 is 437. The fourth-order valence-electron chi connectivity index (χ4n) is 12.0. The highest BCUT2D eigenvalue weighted by Gasteiger charge is 2.43. The van der Waals surface area contributed by atoms with E-state index in [-0.39, 0.29) is 72.8 Å². The monoisotopic (exact) mass is 1470 g/mol. The maximum atomic E-state index is 15.7. The van der Waals surface area contributed by atoms with Crippen LogP contribution in [0.3, 0.4) is 0 Å². The molecule has 0 radical (unpaired) electrons. The van der Waals surface area contributed by atoms with E-state index in [0.717, 1.165) is 81.9 Å². The van der Waals surface area contributed by atoms with Crippen molar-refractivity contribution in [1.29, 1.82) is 0 Å². The van der Waals surface area contributed by atoms with E-state index in [0.29, 0.717) is 36.4 Å². The van der Waals surface area contributed by atoms with Gasteiger partial charge in [0.15, 0.2) is 0 Å². The van der Waals surface area contributed by atoms with Gasteiger partial charge in [0.25, 0.3) is 0 Å². The minimum Gasteiger partial charge on any atom is -0.309 e. The number of hydrogen-bond donors (Lipinski definition) is 0. The highest BCUT2D eigenvalue weighted by molar-refractivity contribution is 6.13. The Kier molecular flexibility index (Phi) is 16.6. The first-order valence-electron chi connectivity index (χ1n) is 28.6. The van der Waals surface area contributed by atoms with Gasteiger partial charge in [0.05, 0.1) is 89.1 Å². The Morgan fingerprint density at radius 2 is 0.324 bits per heavy atom. The molecule has 0 spiro atoms. The van der Waals surface area contributed by atoms with Crippen LogP contribution in [0.1, 0.15) is 55.6 Å². The molecule has 102 heavy (non-hydrogen) atoms. The molecule has 0 aliphatic heterocycles. The summed E-state index contributed by atoms with van der Waals surface area (Å²) in [4.78, 5) is 0. The topological polar surface area (TPSA) is 9.86 Å². The van der Waals surface area contributed by atoms with Crippen LogP contribution in [0.25, 0.3) is 111 Å². The van der Waals surface area contributed by atoms with E-state index in [1.165, 1.54) is 0 Å². The van der Waals surface area contributed by atoms with Crippen LogP contribution in [0, 0.1) is 0 Å². The normalized spacial score (nSPS) is 13.6. The highest BCUT2D eigenvalue weighted by Crippen LogP contribution is 2.50. The third kappa shape index (κ3) is 13.6. The zero-order chi connectivity index (χ0) is 74.7. The van der Waals surface area contributed by atoms with Crippen molar-refractivity contribution in [3.05, 3.63) is 238 Å². The van der Waals surface area contributed by atoms with E-state index >= 15 is 26.3 Å². The second kappa shape index (κ2) is 23.6. The molecule has 0 unspecified atom stereocenters. The van der Waals surface area contributed by atoms with Gasteiger partial charge in [0.2, 0.25) is 0 Å². The van der Waals surface area contributed by atoms with Crippen LogP contribution < -0.4 is 0 Å². The number of hydrogen-bond acceptors (Lipinski definition) is 0. The average molecular weight is 1470 g/mol. The van der Waals surface area contributed by atoms with E-state index in [2.05, 4.69) is 0 Å². The van der Waals surface area contributed by atoms with Gasteiger partial charge in [-0.05, 0) is 201 Å². The third-order valence-corrected chi connectivity index (χ3v) is 16.6. The van der Waals surface area contributed by atoms with Crippen LogP contribution in [-0.4, -0.2) is 9.13 Å². The zero-order valence-corrected chi connectivity index (χ0v) is 49.6. The molecule has 0 amide bonds. The van der Waals surface area contributed by atoms with Crippen molar-refractivity contribution in [2.24, 2.45) is 0 Å². The summed E-state index contributed by atoms with van der Waals surface area (Å²) >= 11 is 0. The fraction of sp³-hybridized carbons (Fsp3) is 0.143. The first-order chi connectivity index (χ1) is 46.8. The minimum atomic E-state index is -5.49. The molecule has 0 atom stereocenters. The molecule has 12 aromatic rings. The number of rotatable bonds is 7. The molecule has 530 valence electrons. The van der Waals surface area contributed by atoms with Crippen LogP contribution in [0.5, 0.6) is 0 Å². The molecule has 0 aliphatic carbocycles. The molecule has 0 saturated carbocycles. The van der Waals surface area contributed by atoms with Crippen molar-refractivity contribution in [2.45, 2.75) is 61.8 Å². The Balaban J connectivity index is 1.12. The molecule has 2 heterocycles. The third-order valence-electron chi connectivity index (χ3n) is 16.6. The van der Waals surface area contributed by atoms with Crippen molar-refractivity contribution in [3.63, 3.8) is 0 Å². The van der Waals surface area contributed by atoms with Crippen molar-refractivity contribution >= 4 is 43.6 Å². The second-order valence-electron chi connectivity index (χ2n) is 23.2. The van der Waals surface area contributed by atoms with Crippen molar-refractivity contribution in [1.82, 2.24) is 9.13 Å². The predicted octanol–water partition coefficient (Wildman–Crippen LogP) is 26.4. The van der Waals surface area contributed by atoms with E-state index in [1.807, 2.05) is 0 Å². The quantitative estimate of drug-likeness (QED) is 0.141. The van der Waals surface area contributed by atoms with E-state index in [4.69, 9.17) is 0 Å².